The number of ketones is 1. The Morgan fingerprint density at radius 1 is 1.30 bits per heavy atom. The van der Waals surface area contributed by atoms with Crippen LogP contribution in [0.25, 0.3) is 0 Å². The van der Waals surface area contributed by atoms with Crippen molar-refractivity contribution in [1.29, 1.82) is 0 Å². The van der Waals surface area contributed by atoms with Gasteiger partial charge in [0.2, 0.25) is 11.8 Å². The number of anilines is 1. The SMILES string of the molecule is CCOC(=O)C1=C(N)OC2=C(C(=O)CC(c3ccco3)C2)C12C(=O)N(C)c1ccc(Br)cc12. The van der Waals surface area contributed by atoms with E-state index in [2.05, 4.69) is 15.9 Å². The molecule has 1 spiro atoms. The first-order valence-electron chi connectivity index (χ1n) is 10.5. The Hall–Kier alpha value is -3.33. The maximum atomic E-state index is 14.0. The highest BCUT2D eigenvalue weighted by Gasteiger charge is 2.63. The molecule has 2 N–H and O–H groups in total. The lowest BCUT2D eigenvalue weighted by atomic mass is 9.63. The first-order valence-corrected chi connectivity index (χ1v) is 11.3. The second-order valence-corrected chi connectivity index (χ2v) is 9.10. The highest BCUT2D eigenvalue weighted by molar-refractivity contribution is 9.10. The summed E-state index contributed by atoms with van der Waals surface area (Å²) in [4.78, 5) is 42.3. The van der Waals surface area contributed by atoms with Crippen molar-refractivity contribution >= 4 is 39.3 Å². The van der Waals surface area contributed by atoms with Gasteiger partial charge in [-0.15, -0.1) is 0 Å². The van der Waals surface area contributed by atoms with Gasteiger partial charge in [0.1, 0.15) is 22.5 Å². The van der Waals surface area contributed by atoms with Crippen molar-refractivity contribution in [3.63, 3.8) is 0 Å². The molecule has 3 heterocycles. The van der Waals surface area contributed by atoms with Crippen LogP contribution in [0.3, 0.4) is 0 Å². The van der Waals surface area contributed by atoms with Gasteiger partial charge in [0.05, 0.1) is 18.4 Å². The number of benzene rings is 1. The number of furan rings is 1. The number of hydrogen-bond acceptors (Lipinski definition) is 7. The maximum absolute atomic E-state index is 14.0. The molecule has 3 aliphatic rings. The third-order valence-corrected chi connectivity index (χ3v) is 6.92. The predicted octanol–water partition coefficient (Wildman–Crippen LogP) is 3.42. The third kappa shape index (κ3) is 2.91. The number of allylic oxidation sites excluding steroid dienone is 1. The first-order chi connectivity index (χ1) is 15.8. The summed E-state index contributed by atoms with van der Waals surface area (Å²) in [6, 6.07) is 8.85. The van der Waals surface area contributed by atoms with Crippen LogP contribution >= 0.6 is 15.9 Å². The summed E-state index contributed by atoms with van der Waals surface area (Å²) in [5, 5.41) is 0. The van der Waals surface area contributed by atoms with Crippen LogP contribution in [0.15, 0.2) is 68.3 Å². The van der Waals surface area contributed by atoms with Crippen LogP contribution in [-0.4, -0.2) is 31.3 Å². The van der Waals surface area contributed by atoms with E-state index in [1.807, 2.05) is 0 Å². The number of likely N-dealkylation sites (N-methyl/N-ethyl adjacent to an activating group) is 1. The molecule has 5 rings (SSSR count). The monoisotopic (exact) mass is 512 g/mol. The van der Waals surface area contributed by atoms with Crippen molar-refractivity contribution in [3.05, 3.63) is 75.2 Å². The lowest BCUT2D eigenvalue weighted by Gasteiger charge is -2.40. The molecular formula is C24H21BrN2O6. The highest BCUT2D eigenvalue weighted by Crippen LogP contribution is 2.57. The fourth-order valence-electron chi connectivity index (χ4n) is 5.13. The van der Waals surface area contributed by atoms with Gasteiger partial charge in [-0.25, -0.2) is 4.79 Å². The van der Waals surface area contributed by atoms with Gasteiger partial charge in [0.15, 0.2) is 5.78 Å². The van der Waals surface area contributed by atoms with Crippen molar-refractivity contribution in [2.24, 2.45) is 5.73 Å². The molecule has 0 fully saturated rings. The Morgan fingerprint density at radius 2 is 2.09 bits per heavy atom. The number of hydrogen-bond donors (Lipinski definition) is 1. The molecule has 0 bridgehead atoms. The Bertz CT molecular complexity index is 1260. The number of amides is 1. The molecule has 2 aromatic rings. The average molecular weight is 513 g/mol. The lowest BCUT2D eigenvalue weighted by molar-refractivity contribution is -0.141. The van der Waals surface area contributed by atoms with E-state index < -0.39 is 17.3 Å². The van der Waals surface area contributed by atoms with Crippen LogP contribution in [0.1, 0.15) is 37.0 Å². The summed E-state index contributed by atoms with van der Waals surface area (Å²) in [6.07, 6.45) is 1.95. The van der Waals surface area contributed by atoms with Crippen molar-refractivity contribution in [2.75, 3.05) is 18.6 Å². The number of carbonyl (C=O) groups is 3. The van der Waals surface area contributed by atoms with Crippen LogP contribution in [0, 0.1) is 0 Å². The first kappa shape index (κ1) is 21.5. The van der Waals surface area contributed by atoms with E-state index >= 15 is 0 Å². The quantitative estimate of drug-likeness (QED) is 0.626. The molecule has 0 radical (unpaired) electrons. The highest BCUT2D eigenvalue weighted by atomic mass is 79.9. The molecule has 9 heteroatoms. The van der Waals surface area contributed by atoms with E-state index in [1.165, 1.54) is 4.90 Å². The van der Waals surface area contributed by atoms with Gasteiger partial charge in [-0.2, -0.15) is 0 Å². The summed E-state index contributed by atoms with van der Waals surface area (Å²) in [5.74, 6) is -1.15. The van der Waals surface area contributed by atoms with Crippen LogP contribution in [0.4, 0.5) is 5.69 Å². The summed E-state index contributed by atoms with van der Waals surface area (Å²) in [5.41, 5.74) is 5.57. The smallest absolute Gasteiger partial charge is 0.341 e. The van der Waals surface area contributed by atoms with Gasteiger partial charge >= 0.3 is 5.97 Å². The minimum Gasteiger partial charge on any atom is -0.469 e. The molecule has 33 heavy (non-hydrogen) atoms. The Kier molecular flexibility index (Phi) is 4.97. The van der Waals surface area contributed by atoms with Crippen LogP contribution in [-0.2, 0) is 29.3 Å². The molecule has 0 saturated heterocycles. The molecule has 2 atom stereocenters. The number of nitrogens with two attached hydrogens (primary N) is 1. The standard InChI is InChI=1S/C24H21BrN2O6/c1-3-31-22(29)20-21(26)33-18-10-12(17-5-4-8-32-17)9-16(28)19(18)24(20)14-11-13(25)6-7-15(14)27(2)23(24)30/h4-8,11-12H,3,9-10,26H2,1-2H3. The second kappa shape index (κ2) is 7.62. The van der Waals surface area contributed by atoms with Crippen molar-refractivity contribution in [3.8, 4) is 0 Å². The molecule has 8 nitrogen and oxygen atoms in total. The number of nitrogens with zero attached hydrogens (tertiary/aromatic N) is 1. The van der Waals surface area contributed by atoms with Gasteiger partial charge < -0.3 is 24.5 Å². The van der Waals surface area contributed by atoms with E-state index in [1.54, 1.807) is 50.6 Å². The molecule has 0 saturated carbocycles. The molecule has 2 aliphatic heterocycles. The third-order valence-electron chi connectivity index (χ3n) is 6.43. The summed E-state index contributed by atoms with van der Waals surface area (Å²) in [6.45, 7) is 1.73. The van der Waals surface area contributed by atoms with E-state index in [4.69, 9.17) is 19.6 Å². The van der Waals surface area contributed by atoms with E-state index in [0.717, 1.165) is 0 Å². The second-order valence-electron chi connectivity index (χ2n) is 8.18. The Balaban J connectivity index is 1.79. The number of carbonyl (C=O) groups excluding carboxylic acids is 3. The zero-order valence-corrected chi connectivity index (χ0v) is 19.6. The van der Waals surface area contributed by atoms with E-state index in [0.29, 0.717) is 27.9 Å². The summed E-state index contributed by atoms with van der Waals surface area (Å²) < 4.78 is 17.4. The summed E-state index contributed by atoms with van der Waals surface area (Å²) in [7, 11) is 1.61. The largest absolute Gasteiger partial charge is 0.469 e. The normalized spacial score (nSPS) is 24.2. The summed E-state index contributed by atoms with van der Waals surface area (Å²) >= 11 is 3.46. The molecule has 1 aliphatic carbocycles. The predicted molar refractivity (Wildman–Crippen MR) is 121 cm³/mol. The van der Waals surface area contributed by atoms with Gasteiger partial charge in [-0.05, 0) is 37.3 Å². The Morgan fingerprint density at radius 3 is 2.79 bits per heavy atom. The van der Waals surface area contributed by atoms with Gasteiger partial charge in [-0.1, -0.05) is 15.9 Å². The molecular weight excluding hydrogens is 492 g/mol. The van der Waals surface area contributed by atoms with Crippen molar-refractivity contribution < 1.29 is 28.3 Å². The van der Waals surface area contributed by atoms with E-state index in [-0.39, 0.29) is 47.5 Å². The van der Waals surface area contributed by atoms with Gasteiger partial charge in [0.25, 0.3) is 0 Å². The average Bonchev–Trinajstić information content (AvgIpc) is 3.37. The minimum atomic E-state index is -1.75. The molecule has 1 aromatic heterocycles. The topological polar surface area (TPSA) is 112 Å². The van der Waals surface area contributed by atoms with Gasteiger partial charge in [-0.3, -0.25) is 9.59 Å². The number of ether oxygens (including phenoxy) is 2. The lowest BCUT2D eigenvalue weighted by Crippen LogP contribution is -2.51. The maximum Gasteiger partial charge on any atom is 0.341 e. The fraction of sp³-hybridized carbons (Fsp3) is 0.292. The van der Waals surface area contributed by atoms with Crippen molar-refractivity contribution in [2.45, 2.75) is 31.1 Å². The van der Waals surface area contributed by atoms with Crippen LogP contribution in [0.5, 0.6) is 0 Å². The molecule has 1 amide bonds. The van der Waals surface area contributed by atoms with Crippen molar-refractivity contribution in [1.82, 2.24) is 0 Å². The fourth-order valence-corrected chi connectivity index (χ4v) is 5.49. The number of halogens is 1. The minimum absolute atomic E-state index is 0.0709. The number of esters is 1. The zero-order valence-electron chi connectivity index (χ0n) is 18.0. The van der Waals surface area contributed by atoms with Gasteiger partial charge in [0, 0.05) is 41.5 Å². The number of Topliss-reactive ketones (excluding diaryl/α,β-unsaturated/α-hetero) is 1. The molecule has 170 valence electrons. The number of rotatable bonds is 3. The molecule has 2 unspecified atom stereocenters. The van der Waals surface area contributed by atoms with E-state index in [9.17, 15) is 14.4 Å². The molecule has 1 aromatic carbocycles. The zero-order chi connectivity index (χ0) is 23.5. The van der Waals surface area contributed by atoms with Crippen LogP contribution < -0.4 is 10.6 Å². The Labute approximate surface area is 198 Å². The van der Waals surface area contributed by atoms with Crippen LogP contribution in [0.2, 0.25) is 0 Å². The number of fused-ring (bicyclic) bond motifs is 3.